The maximum Gasteiger partial charge on any atom is 0.0650 e. The predicted molar refractivity (Wildman–Crippen MR) is 74.6 cm³/mol. The Labute approximate surface area is 111 Å². The molecule has 0 atom stereocenters. The van der Waals surface area contributed by atoms with Gasteiger partial charge >= 0.3 is 0 Å². The van der Waals surface area contributed by atoms with Crippen LogP contribution in [-0.4, -0.2) is 20.0 Å². The highest BCUT2D eigenvalue weighted by Crippen LogP contribution is 2.19. The number of nitrogens with one attached hydrogen (secondary N) is 2. The Bertz CT molecular complexity index is 637. The van der Waals surface area contributed by atoms with E-state index >= 15 is 0 Å². The Hall–Kier alpha value is -2.56. The molecule has 19 heavy (non-hydrogen) atoms. The largest absolute Gasteiger partial charge is 0.379 e. The number of anilines is 1. The van der Waals surface area contributed by atoms with Crippen molar-refractivity contribution >= 4 is 5.69 Å². The molecule has 0 aliphatic rings. The van der Waals surface area contributed by atoms with Crippen LogP contribution in [0.3, 0.4) is 0 Å². The fraction of sp³-hybridized carbons (Fsp3) is 0.143. The zero-order valence-corrected chi connectivity index (χ0v) is 10.7. The molecule has 1 aromatic carbocycles. The molecule has 2 N–H and O–H groups in total. The minimum atomic E-state index is 0.764. The molecule has 0 saturated heterocycles. The summed E-state index contributed by atoms with van der Waals surface area (Å²) in [7, 11) is 1.94. The Morgan fingerprint density at radius 1 is 1.11 bits per heavy atom. The number of hydrogen-bond donors (Lipinski definition) is 2. The molecule has 0 radical (unpaired) electrons. The van der Waals surface area contributed by atoms with Crippen molar-refractivity contribution in [2.45, 2.75) is 6.54 Å². The van der Waals surface area contributed by atoms with Gasteiger partial charge in [0.15, 0.2) is 0 Å². The van der Waals surface area contributed by atoms with Gasteiger partial charge in [0.2, 0.25) is 0 Å². The first-order valence-corrected chi connectivity index (χ1v) is 6.13. The summed E-state index contributed by atoms with van der Waals surface area (Å²) in [5.41, 5.74) is 4.39. The molecule has 3 aromatic rings. The number of aromatic amines is 1. The first-order chi connectivity index (χ1) is 9.33. The molecule has 2 aromatic heterocycles. The van der Waals surface area contributed by atoms with Crippen LogP contribution in [0.15, 0.2) is 48.8 Å². The van der Waals surface area contributed by atoms with Crippen LogP contribution in [0, 0.1) is 0 Å². The Morgan fingerprint density at radius 3 is 2.58 bits per heavy atom. The SMILES string of the molecule is Cn1nccc1CNc1ccc(-c2ccn[nH]2)cc1. The van der Waals surface area contributed by atoms with Gasteiger partial charge in [-0.3, -0.25) is 9.78 Å². The molecule has 0 aliphatic carbocycles. The first kappa shape index (κ1) is 11.5. The summed E-state index contributed by atoms with van der Waals surface area (Å²) in [6.45, 7) is 0.764. The van der Waals surface area contributed by atoms with E-state index in [-0.39, 0.29) is 0 Å². The van der Waals surface area contributed by atoms with Gasteiger partial charge in [-0.05, 0) is 29.8 Å². The molecule has 0 amide bonds. The molecule has 0 saturated carbocycles. The average molecular weight is 253 g/mol. The lowest BCUT2D eigenvalue weighted by atomic mass is 10.1. The lowest BCUT2D eigenvalue weighted by Gasteiger charge is -2.07. The Morgan fingerprint density at radius 2 is 1.95 bits per heavy atom. The van der Waals surface area contributed by atoms with Crippen molar-refractivity contribution in [3.05, 3.63) is 54.5 Å². The van der Waals surface area contributed by atoms with Crippen LogP contribution in [0.1, 0.15) is 5.69 Å². The first-order valence-electron chi connectivity index (χ1n) is 6.13. The standard InChI is InChI=1S/C14H15N5/c1-19-13(6-9-17-19)10-15-12-4-2-11(3-5-12)14-7-8-16-18-14/h2-9,15H,10H2,1H3,(H,16,18). The van der Waals surface area contributed by atoms with E-state index in [1.165, 1.54) is 0 Å². The molecular weight excluding hydrogens is 238 g/mol. The predicted octanol–water partition coefficient (Wildman–Crippen LogP) is 2.42. The van der Waals surface area contributed by atoms with E-state index in [0.717, 1.165) is 29.2 Å². The molecular formula is C14H15N5. The Kier molecular flexibility index (Phi) is 3.02. The van der Waals surface area contributed by atoms with Crippen LogP contribution in [-0.2, 0) is 13.6 Å². The molecule has 96 valence electrons. The van der Waals surface area contributed by atoms with E-state index in [2.05, 4.69) is 44.9 Å². The zero-order valence-electron chi connectivity index (χ0n) is 10.7. The van der Waals surface area contributed by atoms with E-state index in [0.29, 0.717) is 0 Å². The fourth-order valence-corrected chi connectivity index (χ4v) is 1.95. The smallest absolute Gasteiger partial charge is 0.0650 e. The normalized spacial score (nSPS) is 10.6. The maximum atomic E-state index is 4.14. The lowest BCUT2D eigenvalue weighted by molar-refractivity contribution is 0.720. The summed E-state index contributed by atoms with van der Waals surface area (Å²) in [6.07, 6.45) is 3.56. The second-order valence-corrected chi connectivity index (χ2v) is 4.35. The Balaban J connectivity index is 1.68. The highest BCUT2D eigenvalue weighted by molar-refractivity contribution is 5.62. The molecule has 0 fully saturated rings. The molecule has 0 spiro atoms. The van der Waals surface area contributed by atoms with Gasteiger partial charge in [0.1, 0.15) is 0 Å². The van der Waals surface area contributed by atoms with Crippen molar-refractivity contribution in [1.82, 2.24) is 20.0 Å². The van der Waals surface area contributed by atoms with E-state index in [9.17, 15) is 0 Å². The van der Waals surface area contributed by atoms with Crippen molar-refractivity contribution in [2.75, 3.05) is 5.32 Å². The van der Waals surface area contributed by atoms with Crippen molar-refractivity contribution in [1.29, 1.82) is 0 Å². The summed E-state index contributed by atoms with van der Waals surface area (Å²) in [4.78, 5) is 0. The third-order valence-corrected chi connectivity index (χ3v) is 3.09. The van der Waals surface area contributed by atoms with Crippen LogP contribution in [0.25, 0.3) is 11.3 Å². The fourth-order valence-electron chi connectivity index (χ4n) is 1.95. The second kappa shape index (κ2) is 4.97. The van der Waals surface area contributed by atoms with Crippen LogP contribution < -0.4 is 5.32 Å². The highest BCUT2D eigenvalue weighted by atomic mass is 15.3. The maximum absolute atomic E-state index is 4.14. The van der Waals surface area contributed by atoms with Gasteiger partial charge < -0.3 is 5.32 Å². The van der Waals surface area contributed by atoms with Gasteiger partial charge in [-0.2, -0.15) is 10.2 Å². The minimum Gasteiger partial charge on any atom is -0.379 e. The third-order valence-electron chi connectivity index (χ3n) is 3.09. The van der Waals surface area contributed by atoms with E-state index < -0.39 is 0 Å². The molecule has 0 aliphatic heterocycles. The number of aromatic nitrogens is 4. The van der Waals surface area contributed by atoms with Gasteiger partial charge in [0.05, 0.1) is 17.9 Å². The van der Waals surface area contributed by atoms with Crippen LogP contribution in [0.2, 0.25) is 0 Å². The molecule has 2 heterocycles. The van der Waals surface area contributed by atoms with Crippen molar-refractivity contribution in [2.24, 2.45) is 7.05 Å². The molecule has 3 rings (SSSR count). The van der Waals surface area contributed by atoms with Gasteiger partial charge in [-0.25, -0.2) is 0 Å². The summed E-state index contributed by atoms with van der Waals surface area (Å²) < 4.78 is 1.87. The van der Waals surface area contributed by atoms with Gasteiger partial charge in [-0.1, -0.05) is 12.1 Å². The number of hydrogen-bond acceptors (Lipinski definition) is 3. The number of nitrogens with zero attached hydrogens (tertiary/aromatic N) is 3. The zero-order chi connectivity index (χ0) is 13.1. The van der Waals surface area contributed by atoms with Gasteiger partial charge in [0, 0.05) is 25.1 Å². The highest BCUT2D eigenvalue weighted by Gasteiger charge is 2.00. The van der Waals surface area contributed by atoms with Crippen molar-refractivity contribution in [3.8, 4) is 11.3 Å². The number of aryl methyl sites for hydroxylation is 1. The number of H-pyrrole nitrogens is 1. The molecule has 0 unspecified atom stereocenters. The van der Waals surface area contributed by atoms with E-state index in [1.807, 2.05) is 23.9 Å². The number of benzene rings is 1. The molecule has 5 nitrogen and oxygen atoms in total. The summed E-state index contributed by atoms with van der Waals surface area (Å²) in [6, 6.07) is 12.2. The van der Waals surface area contributed by atoms with E-state index in [1.54, 1.807) is 12.4 Å². The van der Waals surface area contributed by atoms with Crippen LogP contribution in [0.4, 0.5) is 5.69 Å². The second-order valence-electron chi connectivity index (χ2n) is 4.35. The summed E-state index contributed by atoms with van der Waals surface area (Å²) in [5.74, 6) is 0. The van der Waals surface area contributed by atoms with E-state index in [4.69, 9.17) is 0 Å². The van der Waals surface area contributed by atoms with Crippen molar-refractivity contribution < 1.29 is 0 Å². The average Bonchev–Trinajstić information content (AvgIpc) is 3.09. The van der Waals surface area contributed by atoms with Crippen LogP contribution in [0.5, 0.6) is 0 Å². The molecule has 5 heteroatoms. The monoisotopic (exact) mass is 253 g/mol. The third kappa shape index (κ3) is 2.49. The lowest BCUT2D eigenvalue weighted by Crippen LogP contribution is -2.05. The summed E-state index contributed by atoms with van der Waals surface area (Å²) in [5, 5.41) is 14.4. The van der Waals surface area contributed by atoms with Gasteiger partial charge in [-0.15, -0.1) is 0 Å². The molecule has 0 bridgehead atoms. The van der Waals surface area contributed by atoms with Crippen LogP contribution >= 0.6 is 0 Å². The van der Waals surface area contributed by atoms with Crippen molar-refractivity contribution in [3.63, 3.8) is 0 Å². The minimum absolute atomic E-state index is 0.764. The topological polar surface area (TPSA) is 58.5 Å². The quantitative estimate of drug-likeness (QED) is 0.750. The summed E-state index contributed by atoms with van der Waals surface area (Å²) >= 11 is 0. The van der Waals surface area contributed by atoms with Gasteiger partial charge in [0.25, 0.3) is 0 Å². The number of rotatable bonds is 4.